The van der Waals surface area contributed by atoms with E-state index in [-0.39, 0.29) is 25.3 Å². The molecule has 4 saturated carbocycles. The third-order valence-electron chi connectivity index (χ3n) is 16.5. The molecular weight excluding hydrogens is 758 g/mol. The van der Waals surface area contributed by atoms with Crippen LogP contribution in [-0.4, -0.2) is 144 Å². The molecule has 3 aliphatic heterocycles. The summed E-state index contributed by atoms with van der Waals surface area (Å²) in [5.74, 6) is -12.1. The van der Waals surface area contributed by atoms with Crippen molar-refractivity contribution < 1.29 is 73.5 Å². The molecule has 4 bridgehead atoms. The Kier molecular flexibility index (Phi) is 10.8. The molecule has 20 unspecified atom stereocenters. The molecule has 0 amide bonds. The third-order valence-corrected chi connectivity index (χ3v) is 16.5. The van der Waals surface area contributed by atoms with Gasteiger partial charge in [-0.1, -0.05) is 27.7 Å². The molecule has 16 heteroatoms. The fraction of sp³-hybridized carbons (Fsp3) is 0.905. The summed E-state index contributed by atoms with van der Waals surface area (Å²) < 4.78 is 30.8. The topological polar surface area (TPSA) is 239 Å². The lowest BCUT2D eigenvalue weighted by Gasteiger charge is -2.71. The zero-order valence-electron chi connectivity index (χ0n) is 35.3. The second kappa shape index (κ2) is 14.3. The first-order valence-corrected chi connectivity index (χ1v) is 21.2. The molecular formula is C42H65NO15. The molecule has 6 N–H and O–H groups in total. The van der Waals surface area contributed by atoms with Gasteiger partial charge in [-0.05, 0) is 70.1 Å². The van der Waals surface area contributed by atoms with Gasteiger partial charge in [-0.25, -0.2) is 0 Å². The Morgan fingerprint density at radius 2 is 1.57 bits per heavy atom. The van der Waals surface area contributed by atoms with Gasteiger partial charge in [-0.3, -0.25) is 24.1 Å². The van der Waals surface area contributed by atoms with Crippen LogP contribution in [0.5, 0.6) is 0 Å². The normalized spacial score (nSPS) is 50.0. The molecule has 7 aliphatic rings. The molecule has 16 nitrogen and oxygen atoms in total. The first-order valence-electron chi connectivity index (χ1n) is 21.2. The van der Waals surface area contributed by atoms with Gasteiger partial charge >= 0.3 is 23.9 Å². The van der Waals surface area contributed by atoms with Crippen molar-refractivity contribution in [2.24, 2.45) is 52.8 Å². The lowest BCUT2D eigenvalue weighted by Crippen LogP contribution is -2.83. The van der Waals surface area contributed by atoms with Crippen LogP contribution in [0.15, 0.2) is 0 Å². The number of nitrogens with zero attached hydrogens (tertiary/aromatic N) is 1. The Morgan fingerprint density at radius 3 is 2.16 bits per heavy atom. The van der Waals surface area contributed by atoms with Crippen molar-refractivity contribution in [1.29, 1.82) is 0 Å². The van der Waals surface area contributed by atoms with E-state index < -0.39 is 136 Å². The summed E-state index contributed by atoms with van der Waals surface area (Å²) in [7, 11) is 0. The fourth-order valence-corrected chi connectivity index (χ4v) is 13.6. The van der Waals surface area contributed by atoms with Crippen LogP contribution < -0.4 is 0 Å². The minimum Gasteiger partial charge on any atom is -0.458 e. The number of aliphatic hydroxyl groups excluding tert-OH is 2. The number of esters is 4. The summed E-state index contributed by atoms with van der Waals surface area (Å²) in [6.45, 7) is 14.4. The molecule has 0 aromatic heterocycles. The summed E-state index contributed by atoms with van der Waals surface area (Å²) >= 11 is 0. The minimum atomic E-state index is -2.31. The van der Waals surface area contributed by atoms with Gasteiger partial charge in [0.1, 0.15) is 29.5 Å². The SMILES string of the molecule is CCC(C)C(=O)OC1C(O)C2C(CN3CC(C)CCC3C2(C)O)C2CC34OCC5(O)C(C(=O)OC(C)(O)C(C)O)CCC3(C)C5C(OC(C)=O)C(OC(C)=O)C4C21O. The number of hydrogen-bond donors (Lipinski definition) is 6. The standard InChI is InChI=1S/C42H65NO15/c1-10-20(3)35(48)57-34-29(47)28-24(17-43-16-19(2)11-12-27(43)38(28,8)50)26-15-41-33(42(26,34)53)31(56-23(6)46)30(55-22(5)45)32-37(41,7)14-13-25(40(32,52)18-54-41)36(49)58-39(9,51)21(4)44/h19-21,24-34,44,47,50-53H,10-18H2,1-9H3. The summed E-state index contributed by atoms with van der Waals surface area (Å²) in [6.07, 6.45) is -5.66. The minimum absolute atomic E-state index is 0.00661. The van der Waals surface area contributed by atoms with E-state index in [0.717, 1.165) is 27.2 Å². The predicted octanol–water partition coefficient (Wildman–Crippen LogP) is 0.826. The van der Waals surface area contributed by atoms with Gasteiger partial charge in [0.2, 0.25) is 5.79 Å². The Labute approximate surface area is 339 Å². The van der Waals surface area contributed by atoms with Gasteiger partial charge < -0.3 is 54.3 Å². The van der Waals surface area contributed by atoms with Crippen molar-refractivity contribution >= 4 is 23.9 Å². The number of rotatable bonds is 8. The van der Waals surface area contributed by atoms with Crippen LogP contribution in [0, 0.1) is 52.8 Å². The number of carbonyl (C=O) groups is 4. The van der Waals surface area contributed by atoms with Gasteiger partial charge in [0.25, 0.3) is 0 Å². The van der Waals surface area contributed by atoms with Gasteiger partial charge in [0.15, 0.2) is 6.10 Å². The van der Waals surface area contributed by atoms with Crippen LogP contribution in [0.4, 0.5) is 0 Å². The van der Waals surface area contributed by atoms with Crippen molar-refractivity contribution in [2.45, 2.75) is 166 Å². The first kappa shape index (κ1) is 43.6. The van der Waals surface area contributed by atoms with E-state index in [4.69, 9.17) is 23.7 Å². The zero-order valence-corrected chi connectivity index (χ0v) is 35.3. The highest BCUT2D eigenvalue weighted by molar-refractivity contribution is 5.75. The van der Waals surface area contributed by atoms with Crippen molar-refractivity contribution in [3.05, 3.63) is 0 Å². The third kappa shape index (κ3) is 6.04. The van der Waals surface area contributed by atoms with E-state index in [1.807, 2.05) is 13.8 Å². The monoisotopic (exact) mass is 823 g/mol. The van der Waals surface area contributed by atoms with E-state index in [1.54, 1.807) is 13.8 Å². The molecule has 0 radical (unpaired) electrons. The van der Waals surface area contributed by atoms with Crippen molar-refractivity contribution in [1.82, 2.24) is 4.90 Å². The number of fused-ring (bicyclic) bond motifs is 5. The molecule has 7 rings (SSSR count). The van der Waals surface area contributed by atoms with Crippen molar-refractivity contribution in [3.8, 4) is 0 Å². The number of ether oxygens (including phenoxy) is 5. The number of piperidine rings is 2. The average Bonchev–Trinajstić information content (AvgIpc) is 3.39. The Bertz CT molecular complexity index is 1670. The smallest absolute Gasteiger partial charge is 0.314 e. The number of aliphatic hydroxyl groups is 6. The van der Waals surface area contributed by atoms with E-state index >= 15 is 0 Å². The highest BCUT2D eigenvalue weighted by Crippen LogP contribution is 2.75. The summed E-state index contributed by atoms with van der Waals surface area (Å²) in [5, 5.41) is 73.0. The molecule has 0 aromatic rings. The highest BCUT2D eigenvalue weighted by Gasteiger charge is 2.87. The van der Waals surface area contributed by atoms with E-state index in [1.165, 1.54) is 6.92 Å². The molecule has 3 heterocycles. The van der Waals surface area contributed by atoms with Gasteiger partial charge in [-0.2, -0.15) is 0 Å². The van der Waals surface area contributed by atoms with Gasteiger partial charge in [-0.15, -0.1) is 0 Å². The van der Waals surface area contributed by atoms with E-state index in [0.29, 0.717) is 31.8 Å². The second-order valence-electron chi connectivity index (χ2n) is 19.9. The maximum atomic E-state index is 13.9. The second-order valence-corrected chi connectivity index (χ2v) is 19.9. The molecule has 58 heavy (non-hydrogen) atoms. The maximum absolute atomic E-state index is 13.9. The highest BCUT2D eigenvalue weighted by atomic mass is 16.7. The van der Waals surface area contributed by atoms with Crippen LogP contribution >= 0.6 is 0 Å². The summed E-state index contributed by atoms with van der Waals surface area (Å²) in [4.78, 5) is 56.3. The van der Waals surface area contributed by atoms with Gasteiger partial charge in [0.05, 0.1) is 41.7 Å². The largest absolute Gasteiger partial charge is 0.458 e. The van der Waals surface area contributed by atoms with E-state index in [2.05, 4.69) is 11.8 Å². The fourth-order valence-electron chi connectivity index (χ4n) is 13.6. The zero-order chi connectivity index (χ0) is 42.9. The molecule has 1 spiro atoms. The van der Waals surface area contributed by atoms with Crippen LogP contribution in [-0.2, 0) is 42.9 Å². The van der Waals surface area contributed by atoms with E-state index in [9.17, 15) is 49.8 Å². The molecule has 20 atom stereocenters. The van der Waals surface area contributed by atoms with Crippen LogP contribution in [0.1, 0.15) is 101 Å². The number of carbonyl (C=O) groups excluding carboxylic acids is 4. The van der Waals surface area contributed by atoms with Crippen LogP contribution in [0.3, 0.4) is 0 Å². The maximum Gasteiger partial charge on any atom is 0.314 e. The first-order chi connectivity index (χ1) is 26.8. The van der Waals surface area contributed by atoms with Gasteiger partial charge in [0, 0.05) is 57.2 Å². The molecule has 328 valence electrons. The van der Waals surface area contributed by atoms with Crippen LogP contribution in [0.25, 0.3) is 0 Å². The molecule has 4 aliphatic carbocycles. The lowest BCUT2D eigenvalue weighted by molar-refractivity contribution is -0.382. The Hall–Kier alpha value is -2.44. The molecule has 3 saturated heterocycles. The predicted molar refractivity (Wildman–Crippen MR) is 201 cm³/mol. The Balaban J connectivity index is 1.43. The summed E-state index contributed by atoms with van der Waals surface area (Å²) in [6, 6.07) is -0.312. The number of hydrogen-bond acceptors (Lipinski definition) is 16. The lowest BCUT2D eigenvalue weighted by atomic mass is 9.41. The average molecular weight is 824 g/mol. The van der Waals surface area contributed by atoms with Crippen LogP contribution in [0.2, 0.25) is 0 Å². The molecule has 7 fully saturated rings. The Morgan fingerprint density at radius 1 is 0.948 bits per heavy atom. The molecule has 0 aromatic carbocycles. The summed E-state index contributed by atoms with van der Waals surface area (Å²) in [5.41, 5.74) is -8.60. The van der Waals surface area contributed by atoms with Crippen molar-refractivity contribution in [2.75, 3.05) is 19.7 Å². The quantitative estimate of drug-likeness (QED) is 0.113. The van der Waals surface area contributed by atoms with Crippen molar-refractivity contribution in [3.63, 3.8) is 0 Å².